The van der Waals surface area contributed by atoms with Crippen molar-refractivity contribution >= 4 is 5.91 Å². The summed E-state index contributed by atoms with van der Waals surface area (Å²) < 4.78 is 7.19. The van der Waals surface area contributed by atoms with Crippen LogP contribution in [-0.4, -0.2) is 28.9 Å². The number of hydrogen-bond donors (Lipinski definition) is 1. The predicted molar refractivity (Wildman–Crippen MR) is 97.5 cm³/mol. The van der Waals surface area contributed by atoms with Crippen molar-refractivity contribution in [3.05, 3.63) is 53.3 Å². The Morgan fingerprint density at radius 3 is 2.48 bits per heavy atom. The number of carbonyl (C=O) groups excluding carboxylic acids is 1. The number of nitrogens with one attached hydrogen (secondary N) is 1. The van der Waals surface area contributed by atoms with E-state index in [4.69, 9.17) is 4.74 Å². The van der Waals surface area contributed by atoms with Crippen LogP contribution in [-0.2, 0) is 11.8 Å². The van der Waals surface area contributed by atoms with E-state index in [1.165, 1.54) is 5.56 Å². The van der Waals surface area contributed by atoms with Gasteiger partial charge in [-0.1, -0.05) is 26.0 Å². The summed E-state index contributed by atoms with van der Waals surface area (Å²) in [4.78, 5) is 12.7. The third-order valence-corrected chi connectivity index (χ3v) is 4.90. The topological polar surface area (TPSA) is 56.1 Å². The van der Waals surface area contributed by atoms with Crippen molar-refractivity contribution in [2.75, 3.05) is 13.2 Å². The zero-order valence-electron chi connectivity index (χ0n) is 15.2. The van der Waals surface area contributed by atoms with Crippen LogP contribution in [0.2, 0.25) is 0 Å². The van der Waals surface area contributed by atoms with E-state index >= 15 is 0 Å². The molecule has 25 heavy (non-hydrogen) atoms. The van der Waals surface area contributed by atoms with Crippen LogP contribution in [0.3, 0.4) is 0 Å². The summed E-state index contributed by atoms with van der Waals surface area (Å²) in [5.74, 6) is 0.792. The van der Waals surface area contributed by atoms with Crippen LogP contribution >= 0.6 is 0 Å². The van der Waals surface area contributed by atoms with Gasteiger partial charge in [0.05, 0.1) is 12.2 Å². The van der Waals surface area contributed by atoms with Crippen LogP contribution in [0.5, 0.6) is 0 Å². The molecule has 2 aromatic rings. The molecular weight excluding hydrogens is 314 g/mol. The zero-order chi connectivity index (χ0) is 17.8. The van der Waals surface area contributed by atoms with E-state index in [9.17, 15) is 4.79 Å². The molecule has 1 fully saturated rings. The lowest BCUT2D eigenvalue weighted by Crippen LogP contribution is -2.31. The first kappa shape index (κ1) is 17.7. The zero-order valence-corrected chi connectivity index (χ0v) is 15.2. The van der Waals surface area contributed by atoms with Crippen LogP contribution in [0.4, 0.5) is 0 Å². The number of benzene rings is 1. The number of amides is 1. The highest BCUT2D eigenvalue weighted by molar-refractivity contribution is 5.94. The van der Waals surface area contributed by atoms with Crippen LogP contribution in [0.1, 0.15) is 60.1 Å². The highest BCUT2D eigenvalue weighted by atomic mass is 16.5. The molecule has 1 amide bonds. The lowest BCUT2D eigenvalue weighted by atomic mass is 9.91. The Bertz CT molecular complexity index is 700. The third kappa shape index (κ3) is 4.28. The maximum absolute atomic E-state index is 12.7. The second-order valence-electron chi connectivity index (χ2n) is 7.15. The average Bonchev–Trinajstić information content (AvgIpc) is 3.06. The molecule has 0 radical (unpaired) electrons. The highest BCUT2D eigenvalue weighted by Crippen LogP contribution is 2.27. The Labute approximate surface area is 149 Å². The highest BCUT2D eigenvalue weighted by Gasteiger charge is 2.21. The van der Waals surface area contributed by atoms with E-state index in [0.29, 0.717) is 11.5 Å². The standard InChI is InChI=1S/C20H27N3O2/c1-14(2)19(18-12-21-23(3)13-18)22-20(24)17-6-4-15(5-7-17)16-8-10-25-11-9-16/h4-7,12-14,16,19H,8-11H2,1-3H3,(H,22,24)/t19-/m0/s1. The number of aromatic nitrogens is 2. The van der Waals surface area contributed by atoms with Gasteiger partial charge in [-0.15, -0.1) is 0 Å². The lowest BCUT2D eigenvalue weighted by Gasteiger charge is -2.23. The third-order valence-electron chi connectivity index (χ3n) is 4.90. The van der Waals surface area contributed by atoms with E-state index in [-0.39, 0.29) is 17.9 Å². The molecule has 3 rings (SSSR count). The number of nitrogens with zero attached hydrogens (tertiary/aromatic N) is 2. The molecule has 1 aliphatic rings. The van der Waals surface area contributed by atoms with Gasteiger partial charge < -0.3 is 10.1 Å². The Morgan fingerprint density at radius 1 is 1.24 bits per heavy atom. The van der Waals surface area contributed by atoms with E-state index in [1.54, 1.807) is 4.68 Å². The summed E-state index contributed by atoms with van der Waals surface area (Å²) in [6.07, 6.45) is 5.89. The van der Waals surface area contributed by atoms with Gasteiger partial charge in [-0.2, -0.15) is 5.10 Å². The minimum atomic E-state index is -0.0450. The molecule has 5 nitrogen and oxygen atoms in total. The fraction of sp³-hybridized carbons (Fsp3) is 0.500. The Kier molecular flexibility index (Phi) is 5.53. The smallest absolute Gasteiger partial charge is 0.251 e. The molecule has 1 atom stereocenters. The van der Waals surface area contributed by atoms with Gasteiger partial charge in [0.15, 0.2) is 0 Å². The normalized spacial score (nSPS) is 16.8. The molecule has 1 aromatic heterocycles. The predicted octanol–water partition coefficient (Wildman–Crippen LogP) is 3.44. The van der Waals surface area contributed by atoms with Crippen molar-refractivity contribution in [1.29, 1.82) is 0 Å². The fourth-order valence-corrected chi connectivity index (χ4v) is 3.40. The van der Waals surface area contributed by atoms with Crippen molar-refractivity contribution < 1.29 is 9.53 Å². The Balaban J connectivity index is 1.69. The number of carbonyl (C=O) groups is 1. The quantitative estimate of drug-likeness (QED) is 0.906. The van der Waals surface area contributed by atoms with Gasteiger partial charge in [-0.05, 0) is 42.4 Å². The number of ether oxygens (including phenoxy) is 1. The van der Waals surface area contributed by atoms with Gasteiger partial charge in [-0.25, -0.2) is 0 Å². The summed E-state index contributed by atoms with van der Waals surface area (Å²) in [6.45, 7) is 5.86. The molecule has 2 heterocycles. The summed E-state index contributed by atoms with van der Waals surface area (Å²) in [7, 11) is 1.89. The van der Waals surface area contributed by atoms with Crippen molar-refractivity contribution in [2.24, 2.45) is 13.0 Å². The first-order valence-corrected chi connectivity index (χ1v) is 9.01. The molecule has 0 spiro atoms. The van der Waals surface area contributed by atoms with Gasteiger partial charge in [0.2, 0.25) is 0 Å². The van der Waals surface area contributed by atoms with Crippen molar-refractivity contribution in [3.63, 3.8) is 0 Å². The number of hydrogen-bond acceptors (Lipinski definition) is 3. The van der Waals surface area contributed by atoms with E-state index in [0.717, 1.165) is 31.6 Å². The molecule has 5 heteroatoms. The number of aryl methyl sites for hydroxylation is 1. The van der Waals surface area contributed by atoms with Crippen LogP contribution < -0.4 is 5.32 Å². The molecule has 0 saturated carbocycles. The van der Waals surface area contributed by atoms with Gasteiger partial charge >= 0.3 is 0 Å². The Morgan fingerprint density at radius 2 is 1.92 bits per heavy atom. The molecule has 0 unspecified atom stereocenters. The molecule has 1 aromatic carbocycles. The molecule has 1 N–H and O–H groups in total. The molecule has 1 saturated heterocycles. The second-order valence-corrected chi connectivity index (χ2v) is 7.15. The van der Waals surface area contributed by atoms with E-state index in [2.05, 4.69) is 36.4 Å². The van der Waals surface area contributed by atoms with E-state index in [1.807, 2.05) is 31.6 Å². The summed E-state index contributed by atoms with van der Waals surface area (Å²) in [6, 6.07) is 7.98. The van der Waals surface area contributed by atoms with Crippen molar-refractivity contribution in [1.82, 2.24) is 15.1 Å². The van der Waals surface area contributed by atoms with Crippen LogP contribution in [0, 0.1) is 5.92 Å². The SMILES string of the molecule is CC(C)[C@H](NC(=O)c1ccc(C2CCOCC2)cc1)c1cnn(C)c1. The van der Waals surface area contributed by atoms with Gasteiger partial charge in [0, 0.05) is 37.6 Å². The van der Waals surface area contributed by atoms with Crippen LogP contribution in [0.15, 0.2) is 36.7 Å². The first-order chi connectivity index (χ1) is 12.0. The van der Waals surface area contributed by atoms with E-state index < -0.39 is 0 Å². The Hall–Kier alpha value is -2.14. The summed E-state index contributed by atoms with van der Waals surface area (Å²) in [5.41, 5.74) is 3.03. The molecular formula is C20H27N3O2. The van der Waals surface area contributed by atoms with Crippen LogP contribution in [0.25, 0.3) is 0 Å². The molecule has 0 aliphatic carbocycles. The minimum Gasteiger partial charge on any atom is -0.381 e. The van der Waals surface area contributed by atoms with Gasteiger partial charge in [-0.3, -0.25) is 9.48 Å². The average molecular weight is 341 g/mol. The summed E-state index contributed by atoms with van der Waals surface area (Å²) >= 11 is 0. The lowest BCUT2D eigenvalue weighted by molar-refractivity contribution is 0.0852. The molecule has 0 bridgehead atoms. The van der Waals surface area contributed by atoms with Gasteiger partial charge in [0.25, 0.3) is 5.91 Å². The maximum atomic E-state index is 12.7. The largest absolute Gasteiger partial charge is 0.381 e. The van der Waals surface area contributed by atoms with Gasteiger partial charge in [0.1, 0.15) is 0 Å². The monoisotopic (exact) mass is 341 g/mol. The second kappa shape index (κ2) is 7.83. The fourth-order valence-electron chi connectivity index (χ4n) is 3.40. The summed E-state index contributed by atoms with van der Waals surface area (Å²) in [5, 5.41) is 7.37. The first-order valence-electron chi connectivity index (χ1n) is 9.01. The minimum absolute atomic E-state index is 0.0407. The molecule has 134 valence electrons. The molecule has 1 aliphatic heterocycles. The van der Waals surface area contributed by atoms with Crippen molar-refractivity contribution in [2.45, 2.75) is 38.6 Å². The van der Waals surface area contributed by atoms with Crippen molar-refractivity contribution in [3.8, 4) is 0 Å². The number of rotatable bonds is 5. The maximum Gasteiger partial charge on any atom is 0.251 e.